The van der Waals surface area contributed by atoms with Gasteiger partial charge in [-0.3, -0.25) is 0 Å². The maximum atomic E-state index is 11.1. The van der Waals surface area contributed by atoms with Crippen LogP contribution < -0.4 is 14.5 Å². The highest BCUT2D eigenvalue weighted by atomic mass is 32.2. The van der Waals surface area contributed by atoms with Crippen LogP contribution in [0.1, 0.15) is 51.4 Å². The lowest BCUT2D eigenvalue weighted by Crippen LogP contribution is -2.41. The third-order valence-corrected chi connectivity index (χ3v) is 9.82. The van der Waals surface area contributed by atoms with Gasteiger partial charge in [0.25, 0.3) is 0 Å². The molecular weight excluding hydrogens is 496 g/mol. The van der Waals surface area contributed by atoms with Crippen molar-refractivity contribution in [1.29, 1.82) is 0 Å². The van der Waals surface area contributed by atoms with Gasteiger partial charge in [-0.2, -0.15) is 0 Å². The Kier molecular flexibility index (Phi) is 6.65. The minimum Gasteiger partial charge on any atom is -0.416 e. The second kappa shape index (κ2) is 10.4. The Morgan fingerprint density at radius 3 is 2.63 bits per heavy atom. The quantitative estimate of drug-likeness (QED) is 0.418. The molecule has 4 aliphatic heterocycles. The molecule has 2 atom stereocenters. The smallest absolute Gasteiger partial charge is 0.250 e. The molecule has 8 nitrogen and oxygen atoms in total. The molecule has 8 rings (SSSR count). The highest BCUT2D eigenvalue weighted by molar-refractivity contribution is 8.01. The highest BCUT2D eigenvalue weighted by Gasteiger charge is 2.30. The van der Waals surface area contributed by atoms with Crippen molar-refractivity contribution < 1.29 is 9.52 Å². The Morgan fingerprint density at radius 2 is 1.76 bits per heavy atom. The standard InChI is InChI=1S/C29H36N6O2S/c36-26-8-3-19-10-14-34(15-11-19)25-17-22(33-38-23-5-6-23)4-7-24(25)29-32-31-28(37-29)20-9-12-30-27(16-20)35-13-1-2-21(26)18-35/h4,7,9,12,16-17,19,21,23,26,33,36H,1-3,5-6,8,10-11,13-15,18H2. The van der Waals surface area contributed by atoms with E-state index in [0.717, 1.165) is 98.3 Å². The van der Waals surface area contributed by atoms with E-state index in [1.807, 2.05) is 30.3 Å². The molecule has 3 fully saturated rings. The van der Waals surface area contributed by atoms with Gasteiger partial charge >= 0.3 is 0 Å². The Bertz CT molecular complexity index is 1270. The minimum atomic E-state index is -0.255. The zero-order valence-electron chi connectivity index (χ0n) is 21.8. The lowest BCUT2D eigenvalue weighted by molar-refractivity contribution is 0.0814. The lowest BCUT2D eigenvalue weighted by Gasteiger charge is -2.37. The van der Waals surface area contributed by atoms with Gasteiger partial charge in [0.05, 0.1) is 17.4 Å². The number of rotatable bonds is 3. The van der Waals surface area contributed by atoms with E-state index in [4.69, 9.17) is 4.42 Å². The Balaban J connectivity index is 1.25. The molecule has 200 valence electrons. The number of hydrogen-bond donors (Lipinski definition) is 2. The number of piperidine rings is 2. The SMILES string of the molecule is OC1CCC2CCN(CC2)c2cc(NSC3CC3)ccc2-c2nnc(o2)-c2ccnc(c2)N2CCCC1C2. The van der Waals surface area contributed by atoms with Gasteiger partial charge < -0.3 is 24.0 Å². The Hall–Kier alpha value is -2.78. The third-order valence-electron chi connectivity index (χ3n) is 8.67. The molecule has 2 aromatic heterocycles. The number of pyridine rings is 1. The van der Waals surface area contributed by atoms with Crippen molar-refractivity contribution in [2.75, 3.05) is 40.7 Å². The molecule has 38 heavy (non-hydrogen) atoms. The van der Waals surface area contributed by atoms with Gasteiger partial charge in [0.15, 0.2) is 0 Å². The van der Waals surface area contributed by atoms with Gasteiger partial charge in [-0.05, 0) is 99.6 Å². The van der Waals surface area contributed by atoms with Gasteiger partial charge in [-0.1, -0.05) is 0 Å². The largest absolute Gasteiger partial charge is 0.416 e. The van der Waals surface area contributed by atoms with E-state index in [0.29, 0.717) is 17.7 Å². The summed E-state index contributed by atoms with van der Waals surface area (Å²) in [6.07, 6.45) is 10.6. The number of nitrogens with one attached hydrogen (secondary N) is 1. The normalized spacial score (nSPS) is 25.4. The van der Waals surface area contributed by atoms with Crippen LogP contribution >= 0.6 is 11.9 Å². The molecule has 2 unspecified atom stereocenters. The van der Waals surface area contributed by atoms with Gasteiger partial charge in [0, 0.05) is 54.8 Å². The molecule has 0 radical (unpaired) electrons. The van der Waals surface area contributed by atoms with Crippen molar-refractivity contribution in [3.05, 3.63) is 36.5 Å². The number of fused-ring (bicyclic) bond motifs is 4. The summed E-state index contributed by atoms with van der Waals surface area (Å²) in [4.78, 5) is 9.45. The molecule has 2 N–H and O–H groups in total. The fraction of sp³-hybridized carbons (Fsp3) is 0.552. The van der Waals surface area contributed by atoms with Crippen molar-refractivity contribution in [3.63, 3.8) is 0 Å². The summed E-state index contributed by atoms with van der Waals surface area (Å²) in [5.74, 6) is 2.92. The molecule has 3 aromatic rings. The van der Waals surface area contributed by atoms with Gasteiger partial charge in [-0.15, -0.1) is 10.2 Å². The molecule has 1 aromatic carbocycles. The lowest BCUT2D eigenvalue weighted by atomic mass is 9.85. The number of aliphatic hydroxyl groups is 1. The number of aliphatic hydroxyl groups excluding tert-OH is 1. The zero-order chi connectivity index (χ0) is 25.5. The summed E-state index contributed by atoms with van der Waals surface area (Å²) in [7, 11) is 0. The minimum absolute atomic E-state index is 0.255. The third kappa shape index (κ3) is 5.10. The van der Waals surface area contributed by atoms with Crippen molar-refractivity contribution in [3.8, 4) is 22.9 Å². The first-order valence-corrected chi connectivity index (χ1v) is 15.1. The van der Waals surface area contributed by atoms with E-state index >= 15 is 0 Å². The highest BCUT2D eigenvalue weighted by Crippen LogP contribution is 2.40. The summed E-state index contributed by atoms with van der Waals surface area (Å²) in [5.41, 5.74) is 4.12. The van der Waals surface area contributed by atoms with Crippen molar-refractivity contribution in [2.45, 2.75) is 62.7 Å². The molecule has 1 saturated carbocycles. The fourth-order valence-corrected chi connectivity index (χ4v) is 6.99. The summed E-state index contributed by atoms with van der Waals surface area (Å²) >= 11 is 1.83. The van der Waals surface area contributed by atoms with Crippen LogP contribution in [0.3, 0.4) is 0 Å². The van der Waals surface area contributed by atoms with Gasteiger partial charge in [-0.25, -0.2) is 4.98 Å². The van der Waals surface area contributed by atoms with Crippen LogP contribution in [-0.2, 0) is 0 Å². The second-order valence-electron chi connectivity index (χ2n) is 11.4. The van der Waals surface area contributed by atoms with Crippen molar-refractivity contribution in [2.24, 2.45) is 11.8 Å². The number of anilines is 3. The van der Waals surface area contributed by atoms with Crippen LogP contribution in [0, 0.1) is 11.8 Å². The molecule has 8 bridgehead atoms. The van der Waals surface area contributed by atoms with Gasteiger partial charge in [0.1, 0.15) is 5.82 Å². The van der Waals surface area contributed by atoms with E-state index in [9.17, 15) is 5.11 Å². The van der Waals surface area contributed by atoms with Crippen molar-refractivity contribution >= 4 is 29.1 Å². The van der Waals surface area contributed by atoms with Gasteiger partial charge in [0.2, 0.25) is 11.8 Å². The number of benzene rings is 1. The maximum Gasteiger partial charge on any atom is 0.250 e. The summed E-state index contributed by atoms with van der Waals surface area (Å²) < 4.78 is 9.87. The van der Waals surface area contributed by atoms with E-state index in [-0.39, 0.29) is 12.0 Å². The predicted molar refractivity (Wildman–Crippen MR) is 152 cm³/mol. The summed E-state index contributed by atoms with van der Waals surface area (Å²) in [6.45, 7) is 3.79. The maximum absolute atomic E-state index is 11.1. The van der Waals surface area contributed by atoms with E-state index in [2.05, 4.69) is 47.9 Å². The molecule has 2 saturated heterocycles. The Labute approximate surface area is 228 Å². The van der Waals surface area contributed by atoms with Crippen LogP contribution in [0.2, 0.25) is 0 Å². The van der Waals surface area contributed by atoms with Crippen LogP contribution in [0.4, 0.5) is 17.2 Å². The Morgan fingerprint density at radius 1 is 0.895 bits per heavy atom. The molecule has 6 heterocycles. The molecule has 9 heteroatoms. The fourth-order valence-electron chi connectivity index (χ4n) is 6.18. The first kappa shape index (κ1) is 24.3. The van der Waals surface area contributed by atoms with E-state index < -0.39 is 0 Å². The average Bonchev–Trinajstić information content (AvgIpc) is 3.68. The van der Waals surface area contributed by atoms with Crippen LogP contribution in [0.15, 0.2) is 40.9 Å². The second-order valence-corrected chi connectivity index (χ2v) is 12.5. The average molecular weight is 533 g/mol. The summed E-state index contributed by atoms with van der Waals surface area (Å²) in [5, 5.41) is 20.8. The first-order chi connectivity index (χ1) is 18.7. The zero-order valence-corrected chi connectivity index (χ0v) is 22.6. The predicted octanol–water partition coefficient (Wildman–Crippen LogP) is 5.61. The first-order valence-electron chi connectivity index (χ1n) is 14.2. The van der Waals surface area contributed by atoms with Crippen LogP contribution in [0.5, 0.6) is 0 Å². The monoisotopic (exact) mass is 532 g/mol. The number of hydrogen-bond acceptors (Lipinski definition) is 9. The number of aromatic nitrogens is 3. The molecule has 0 amide bonds. The summed E-state index contributed by atoms with van der Waals surface area (Å²) in [6, 6.07) is 10.5. The topological polar surface area (TPSA) is 90.5 Å². The molecular formula is C29H36N6O2S. The van der Waals surface area contributed by atoms with E-state index in [1.54, 1.807) is 0 Å². The number of nitrogens with zero attached hydrogens (tertiary/aromatic N) is 5. The molecule has 0 spiro atoms. The van der Waals surface area contributed by atoms with E-state index in [1.165, 1.54) is 12.8 Å². The molecule has 1 aliphatic carbocycles. The van der Waals surface area contributed by atoms with Crippen molar-refractivity contribution in [1.82, 2.24) is 15.2 Å². The van der Waals surface area contributed by atoms with Crippen LogP contribution in [-0.4, -0.2) is 57.8 Å². The van der Waals surface area contributed by atoms with Crippen LogP contribution in [0.25, 0.3) is 22.9 Å². The molecule has 5 aliphatic rings.